The molecule has 0 saturated heterocycles. The molecule has 6 heteroatoms. The number of carbonyl (C=O) groups excluding carboxylic acids is 1. The second kappa shape index (κ2) is 8.52. The standard InChI is InChI=1S/C25H25N3O3/c1-5-30-21-10-11-23-19(13-21)14-24(31-23)25(29)27-26-15-20-12-17(3)28(18(20)4)22-9-7-6-8-16(22)2/h6-15H,5H2,1-4H3,(H,27,29)/b26-15+. The number of nitrogens with zero attached hydrogens (tertiary/aromatic N) is 2. The van der Waals surface area contributed by atoms with Crippen molar-refractivity contribution in [3.8, 4) is 11.4 Å². The Labute approximate surface area is 181 Å². The van der Waals surface area contributed by atoms with Crippen LogP contribution in [0.25, 0.3) is 16.7 Å². The summed E-state index contributed by atoms with van der Waals surface area (Å²) in [5.41, 5.74) is 8.59. The summed E-state index contributed by atoms with van der Waals surface area (Å²) in [6.45, 7) is 8.69. The number of hydrogen-bond acceptors (Lipinski definition) is 4. The van der Waals surface area contributed by atoms with Gasteiger partial charge in [0.15, 0.2) is 5.76 Å². The molecule has 6 nitrogen and oxygen atoms in total. The fourth-order valence-corrected chi connectivity index (χ4v) is 3.71. The van der Waals surface area contributed by atoms with Crippen LogP contribution < -0.4 is 10.2 Å². The molecule has 0 aliphatic carbocycles. The molecule has 0 aliphatic heterocycles. The van der Waals surface area contributed by atoms with Crippen LogP contribution >= 0.6 is 0 Å². The Morgan fingerprint density at radius 1 is 1.13 bits per heavy atom. The average molecular weight is 415 g/mol. The molecule has 0 bridgehead atoms. The quantitative estimate of drug-likeness (QED) is 0.343. The van der Waals surface area contributed by atoms with Gasteiger partial charge in [0.25, 0.3) is 0 Å². The highest BCUT2D eigenvalue weighted by Crippen LogP contribution is 2.25. The molecule has 158 valence electrons. The van der Waals surface area contributed by atoms with Crippen LogP contribution in [0.2, 0.25) is 0 Å². The van der Waals surface area contributed by atoms with E-state index in [-0.39, 0.29) is 5.76 Å². The maximum atomic E-state index is 12.5. The number of fused-ring (bicyclic) bond motifs is 1. The Balaban J connectivity index is 1.51. The van der Waals surface area contributed by atoms with Crippen molar-refractivity contribution in [3.05, 3.63) is 82.9 Å². The number of rotatable bonds is 6. The van der Waals surface area contributed by atoms with E-state index in [1.54, 1.807) is 18.3 Å². The Morgan fingerprint density at radius 3 is 2.71 bits per heavy atom. The molecule has 31 heavy (non-hydrogen) atoms. The number of aromatic nitrogens is 1. The van der Waals surface area contributed by atoms with Crippen LogP contribution in [0, 0.1) is 20.8 Å². The summed E-state index contributed by atoms with van der Waals surface area (Å²) in [6.07, 6.45) is 1.66. The largest absolute Gasteiger partial charge is 0.494 e. The molecule has 4 aromatic rings. The van der Waals surface area contributed by atoms with Gasteiger partial charge in [0, 0.05) is 28.0 Å². The van der Waals surface area contributed by atoms with E-state index >= 15 is 0 Å². The Morgan fingerprint density at radius 2 is 1.94 bits per heavy atom. The molecule has 4 rings (SSSR count). The van der Waals surface area contributed by atoms with E-state index in [2.05, 4.69) is 41.1 Å². The van der Waals surface area contributed by atoms with Crippen LogP contribution in [0.1, 0.15) is 40.0 Å². The van der Waals surface area contributed by atoms with Crippen molar-refractivity contribution < 1.29 is 13.9 Å². The first-order chi connectivity index (χ1) is 15.0. The number of hydrogen-bond donors (Lipinski definition) is 1. The Hall–Kier alpha value is -3.80. The molecule has 0 fully saturated rings. The van der Waals surface area contributed by atoms with Gasteiger partial charge >= 0.3 is 5.91 Å². The van der Waals surface area contributed by atoms with Crippen LogP contribution in [0.5, 0.6) is 5.75 Å². The smallest absolute Gasteiger partial charge is 0.307 e. The predicted octanol–water partition coefficient (Wildman–Crippen LogP) is 5.31. The maximum absolute atomic E-state index is 12.5. The van der Waals surface area contributed by atoms with Gasteiger partial charge in [-0.05, 0) is 69.7 Å². The summed E-state index contributed by atoms with van der Waals surface area (Å²) in [6, 6.07) is 17.4. The van der Waals surface area contributed by atoms with Gasteiger partial charge in [-0.3, -0.25) is 4.79 Å². The third-order valence-corrected chi connectivity index (χ3v) is 5.22. The van der Waals surface area contributed by atoms with Crippen molar-refractivity contribution >= 4 is 23.1 Å². The molecule has 0 aliphatic rings. The minimum atomic E-state index is -0.405. The van der Waals surface area contributed by atoms with Crippen molar-refractivity contribution in [2.45, 2.75) is 27.7 Å². The zero-order chi connectivity index (χ0) is 22.0. The van der Waals surface area contributed by atoms with Crippen LogP contribution in [0.15, 0.2) is 64.1 Å². The molecule has 2 aromatic carbocycles. The number of nitrogens with one attached hydrogen (secondary N) is 1. The van der Waals surface area contributed by atoms with E-state index in [9.17, 15) is 4.79 Å². The molecule has 0 unspecified atom stereocenters. The van der Waals surface area contributed by atoms with E-state index in [4.69, 9.17) is 9.15 Å². The van der Waals surface area contributed by atoms with Gasteiger partial charge < -0.3 is 13.7 Å². The Kier molecular flexibility index (Phi) is 5.62. The van der Waals surface area contributed by atoms with Crippen LogP contribution in [0.3, 0.4) is 0 Å². The van der Waals surface area contributed by atoms with Crippen LogP contribution in [-0.4, -0.2) is 23.3 Å². The number of hydrazone groups is 1. The first-order valence-corrected chi connectivity index (χ1v) is 10.2. The lowest BCUT2D eigenvalue weighted by Crippen LogP contribution is -2.16. The van der Waals surface area contributed by atoms with Crippen LogP contribution in [-0.2, 0) is 0 Å². The highest BCUT2D eigenvalue weighted by molar-refractivity contribution is 5.96. The Bertz CT molecular complexity index is 1280. The van der Waals surface area contributed by atoms with Gasteiger partial charge in [0.05, 0.1) is 12.8 Å². The summed E-state index contributed by atoms with van der Waals surface area (Å²) in [5, 5.41) is 4.95. The third kappa shape index (κ3) is 4.10. The lowest BCUT2D eigenvalue weighted by Gasteiger charge is -2.12. The number of para-hydroxylation sites is 1. The van der Waals surface area contributed by atoms with Gasteiger partial charge in [-0.2, -0.15) is 5.10 Å². The summed E-state index contributed by atoms with van der Waals surface area (Å²) >= 11 is 0. The predicted molar refractivity (Wildman–Crippen MR) is 122 cm³/mol. The van der Waals surface area contributed by atoms with Gasteiger partial charge in [-0.1, -0.05) is 18.2 Å². The molecule has 0 radical (unpaired) electrons. The fraction of sp³-hybridized carbons (Fsp3) is 0.200. The summed E-state index contributed by atoms with van der Waals surface area (Å²) in [5.74, 6) is 0.536. The van der Waals surface area contributed by atoms with Gasteiger partial charge in [-0.25, -0.2) is 5.43 Å². The number of carbonyl (C=O) groups is 1. The molecular weight excluding hydrogens is 390 g/mol. The number of ether oxygens (including phenoxy) is 1. The van der Waals surface area contributed by atoms with E-state index < -0.39 is 5.91 Å². The molecule has 2 aromatic heterocycles. The van der Waals surface area contributed by atoms with Crippen molar-refractivity contribution in [2.24, 2.45) is 5.10 Å². The van der Waals surface area contributed by atoms with Crippen LogP contribution in [0.4, 0.5) is 0 Å². The van der Waals surface area contributed by atoms with Gasteiger partial charge in [-0.15, -0.1) is 0 Å². The normalized spacial score (nSPS) is 11.4. The monoisotopic (exact) mass is 415 g/mol. The topological polar surface area (TPSA) is 68.8 Å². The second-order valence-corrected chi connectivity index (χ2v) is 7.39. The summed E-state index contributed by atoms with van der Waals surface area (Å²) < 4.78 is 13.3. The lowest BCUT2D eigenvalue weighted by atomic mass is 10.2. The highest BCUT2D eigenvalue weighted by atomic mass is 16.5. The fourth-order valence-electron chi connectivity index (χ4n) is 3.71. The molecular formula is C25H25N3O3. The molecule has 0 spiro atoms. The third-order valence-electron chi connectivity index (χ3n) is 5.22. The number of amides is 1. The molecule has 1 N–H and O–H groups in total. The lowest BCUT2D eigenvalue weighted by molar-refractivity contribution is 0.0929. The van der Waals surface area contributed by atoms with E-state index in [1.807, 2.05) is 44.2 Å². The molecule has 1 amide bonds. The minimum Gasteiger partial charge on any atom is -0.494 e. The molecule has 0 saturated carbocycles. The summed E-state index contributed by atoms with van der Waals surface area (Å²) in [4.78, 5) is 12.5. The molecule has 2 heterocycles. The summed E-state index contributed by atoms with van der Waals surface area (Å²) in [7, 11) is 0. The van der Waals surface area contributed by atoms with Gasteiger partial charge in [0.2, 0.25) is 0 Å². The van der Waals surface area contributed by atoms with E-state index in [0.717, 1.165) is 33.8 Å². The maximum Gasteiger partial charge on any atom is 0.307 e. The average Bonchev–Trinajstić information content (AvgIpc) is 3.29. The first kappa shape index (κ1) is 20.5. The molecule has 0 atom stereocenters. The zero-order valence-corrected chi connectivity index (χ0v) is 18.1. The van der Waals surface area contributed by atoms with Gasteiger partial charge in [0.1, 0.15) is 11.3 Å². The number of furan rings is 1. The SMILES string of the molecule is CCOc1ccc2oc(C(=O)N/N=C/c3cc(C)n(-c4ccccc4C)c3C)cc2c1. The second-order valence-electron chi connectivity index (χ2n) is 7.39. The van der Waals surface area contributed by atoms with Crippen molar-refractivity contribution in [1.29, 1.82) is 0 Å². The van der Waals surface area contributed by atoms with E-state index in [0.29, 0.717) is 12.2 Å². The van der Waals surface area contributed by atoms with Crippen molar-refractivity contribution in [3.63, 3.8) is 0 Å². The van der Waals surface area contributed by atoms with E-state index in [1.165, 1.54) is 5.56 Å². The van der Waals surface area contributed by atoms with Crippen molar-refractivity contribution in [2.75, 3.05) is 6.61 Å². The highest BCUT2D eigenvalue weighted by Gasteiger charge is 2.13. The minimum absolute atomic E-state index is 0.200. The number of benzene rings is 2. The van der Waals surface area contributed by atoms with Crippen molar-refractivity contribution in [1.82, 2.24) is 9.99 Å². The first-order valence-electron chi connectivity index (χ1n) is 10.2. The number of aryl methyl sites for hydroxylation is 2. The zero-order valence-electron chi connectivity index (χ0n) is 18.1.